The zero-order chi connectivity index (χ0) is 13.6. The minimum absolute atomic E-state index is 0.135. The van der Waals surface area contributed by atoms with Crippen LogP contribution in [0.3, 0.4) is 0 Å². The number of hydrogen-bond donors (Lipinski definition) is 2. The first-order valence-electron chi connectivity index (χ1n) is 5.30. The van der Waals surface area contributed by atoms with Gasteiger partial charge in [0.05, 0.1) is 12.1 Å². The first kappa shape index (κ1) is 15.0. The minimum atomic E-state index is -4.31. The smallest absolute Gasteiger partial charge is 0.348 e. The van der Waals surface area contributed by atoms with E-state index in [-0.39, 0.29) is 6.54 Å². The number of alkyl halides is 3. The Labute approximate surface area is 103 Å². The Kier molecular flexibility index (Phi) is 5.15. The summed E-state index contributed by atoms with van der Waals surface area (Å²) in [4.78, 5) is 6.55. The zero-order valence-corrected chi connectivity index (χ0v) is 10.3. The van der Waals surface area contributed by atoms with Crippen LogP contribution in [0.4, 0.5) is 13.2 Å². The number of rotatable bonds is 7. The maximum Gasteiger partial charge on any atom is 0.389 e. The van der Waals surface area contributed by atoms with Crippen molar-refractivity contribution in [3.8, 4) is 0 Å². The lowest BCUT2D eigenvalue weighted by Crippen LogP contribution is -2.29. The molecular formula is C9H14F3N3O2S. The van der Waals surface area contributed by atoms with Crippen LogP contribution >= 0.6 is 0 Å². The number of aromatic amines is 1. The minimum Gasteiger partial charge on any atom is -0.348 e. The van der Waals surface area contributed by atoms with Gasteiger partial charge in [-0.3, -0.25) is 0 Å². The Balaban J connectivity index is 2.23. The number of imidazole rings is 1. The summed E-state index contributed by atoms with van der Waals surface area (Å²) in [5.74, 6) is -0.518. The SMILES string of the molecule is O=S(=O)(CCCC(F)(F)F)NCCc1cnc[nH]1. The van der Waals surface area contributed by atoms with E-state index in [0.717, 1.165) is 5.69 Å². The fourth-order valence-corrected chi connectivity index (χ4v) is 2.38. The van der Waals surface area contributed by atoms with Crippen molar-refractivity contribution < 1.29 is 21.6 Å². The number of hydrogen-bond acceptors (Lipinski definition) is 3. The Hall–Kier alpha value is -1.09. The molecule has 0 aliphatic heterocycles. The molecule has 0 bridgehead atoms. The molecule has 0 spiro atoms. The van der Waals surface area contributed by atoms with Crippen molar-refractivity contribution in [3.05, 3.63) is 18.2 Å². The predicted octanol–water partition coefficient (Wildman–Crippen LogP) is 1.21. The van der Waals surface area contributed by atoms with E-state index >= 15 is 0 Å². The number of nitrogens with zero attached hydrogens (tertiary/aromatic N) is 1. The van der Waals surface area contributed by atoms with Crippen LogP contribution in [0.1, 0.15) is 18.5 Å². The van der Waals surface area contributed by atoms with Crippen LogP contribution in [-0.2, 0) is 16.4 Å². The largest absolute Gasteiger partial charge is 0.389 e. The van der Waals surface area contributed by atoms with Crippen molar-refractivity contribution in [2.45, 2.75) is 25.4 Å². The van der Waals surface area contributed by atoms with Gasteiger partial charge in [0, 0.05) is 31.3 Å². The molecule has 2 N–H and O–H groups in total. The van der Waals surface area contributed by atoms with Crippen molar-refractivity contribution in [1.29, 1.82) is 0 Å². The third-order valence-electron chi connectivity index (χ3n) is 2.14. The van der Waals surface area contributed by atoms with Gasteiger partial charge in [-0.15, -0.1) is 0 Å². The van der Waals surface area contributed by atoms with Gasteiger partial charge in [-0.05, 0) is 6.42 Å². The molecule has 18 heavy (non-hydrogen) atoms. The first-order chi connectivity index (χ1) is 8.29. The molecule has 1 aromatic rings. The fourth-order valence-electron chi connectivity index (χ4n) is 1.30. The highest BCUT2D eigenvalue weighted by molar-refractivity contribution is 7.89. The maximum atomic E-state index is 11.8. The van der Waals surface area contributed by atoms with E-state index in [1.807, 2.05) is 0 Å². The van der Waals surface area contributed by atoms with E-state index in [1.54, 1.807) is 6.20 Å². The average molecular weight is 285 g/mol. The average Bonchev–Trinajstić information content (AvgIpc) is 2.67. The van der Waals surface area contributed by atoms with E-state index in [2.05, 4.69) is 14.7 Å². The lowest BCUT2D eigenvalue weighted by atomic mass is 10.3. The van der Waals surface area contributed by atoms with Crippen LogP contribution in [0.2, 0.25) is 0 Å². The quantitative estimate of drug-likeness (QED) is 0.791. The molecular weight excluding hydrogens is 271 g/mol. The molecule has 0 atom stereocenters. The molecule has 0 aliphatic rings. The van der Waals surface area contributed by atoms with Gasteiger partial charge >= 0.3 is 6.18 Å². The van der Waals surface area contributed by atoms with Gasteiger partial charge in [-0.2, -0.15) is 13.2 Å². The highest BCUT2D eigenvalue weighted by Gasteiger charge is 2.27. The van der Waals surface area contributed by atoms with E-state index in [4.69, 9.17) is 0 Å². The van der Waals surface area contributed by atoms with E-state index < -0.39 is 34.8 Å². The van der Waals surface area contributed by atoms with Gasteiger partial charge in [-0.1, -0.05) is 0 Å². The van der Waals surface area contributed by atoms with Crippen molar-refractivity contribution in [2.75, 3.05) is 12.3 Å². The van der Waals surface area contributed by atoms with Crippen molar-refractivity contribution in [1.82, 2.24) is 14.7 Å². The molecule has 104 valence electrons. The Morgan fingerprint density at radius 2 is 2.11 bits per heavy atom. The Morgan fingerprint density at radius 1 is 1.39 bits per heavy atom. The van der Waals surface area contributed by atoms with E-state index in [9.17, 15) is 21.6 Å². The first-order valence-corrected chi connectivity index (χ1v) is 6.95. The summed E-state index contributed by atoms with van der Waals surface area (Å²) < 4.78 is 60.4. The van der Waals surface area contributed by atoms with Gasteiger partial charge in [0.2, 0.25) is 10.0 Å². The molecule has 0 saturated carbocycles. The van der Waals surface area contributed by atoms with Gasteiger partial charge in [0.15, 0.2) is 0 Å². The normalized spacial score (nSPS) is 12.8. The predicted molar refractivity (Wildman–Crippen MR) is 59.4 cm³/mol. The van der Waals surface area contributed by atoms with Crippen LogP contribution in [0.5, 0.6) is 0 Å². The topological polar surface area (TPSA) is 74.8 Å². The molecule has 0 amide bonds. The molecule has 0 fully saturated rings. The molecule has 0 radical (unpaired) electrons. The second-order valence-corrected chi connectivity index (χ2v) is 5.69. The highest BCUT2D eigenvalue weighted by Crippen LogP contribution is 2.21. The molecule has 1 heterocycles. The van der Waals surface area contributed by atoms with Crippen molar-refractivity contribution in [3.63, 3.8) is 0 Å². The third kappa shape index (κ3) is 6.60. The summed E-state index contributed by atoms with van der Waals surface area (Å²) in [6.45, 7) is 0.135. The fraction of sp³-hybridized carbons (Fsp3) is 0.667. The second-order valence-electron chi connectivity index (χ2n) is 3.76. The number of aromatic nitrogens is 2. The Bertz CT molecular complexity index is 442. The van der Waals surface area contributed by atoms with Crippen LogP contribution in [0, 0.1) is 0 Å². The molecule has 0 aliphatic carbocycles. The van der Waals surface area contributed by atoms with Gasteiger partial charge in [0.25, 0.3) is 0 Å². The van der Waals surface area contributed by atoms with Crippen LogP contribution in [-0.4, -0.2) is 36.9 Å². The van der Waals surface area contributed by atoms with Gasteiger partial charge < -0.3 is 4.98 Å². The zero-order valence-electron chi connectivity index (χ0n) is 9.50. The van der Waals surface area contributed by atoms with E-state index in [1.165, 1.54) is 6.33 Å². The molecule has 5 nitrogen and oxygen atoms in total. The highest BCUT2D eigenvalue weighted by atomic mass is 32.2. The molecule has 0 unspecified atom stereocenters. The molecule has 1 aromatic heterocycles. The van der Waals surface area contributed by atoms with E-state index in [0.29, 0.717) is 6.42 Å². The second kappa shape index (κ2) is 6.19. The summed E-state index contributed by atoms with van der Waals surface area (Å²) in [6, 6.07) is 0. The lowest BCUT2D eigenvalue weighted by molar-refractivity contribution is -0.134. The molecule has 0 saturated heterocycles. The number of halogens is 3. The van der Waals surface area contributed by atoms with Gasteiger partial charge in [-0.25, -0.2) is 18.1 Å². The maximum absolute atomic E-state index is 11.8. The summed E-state index contributed by atoms with van der Waals surface area (Å²) in [5.41, 5.74) is 0.757. The number of sulfonamides is 1. The number of nitrogens with one attached hydrogen (secondary N) is 2. The summed E-state index contributed by atoms with van der Waals surface area (Å²) >= 11 is 0. The van der Waals surface area contributed by atoms with Crippen LogP contribution < -0.4 is 4.72 Å². The molecule has 9 heteroatoms. The summed E-state index contributed by atoms with van der Waals surface area (Å²) in [6.07, 6.45) is -2.40. The van der Waals surface area contributed by atoms with Crippen molar-refractivity contribution >= 4 is 10.0 Å². The third-order valence-corrected chi connectivity index (χ3v) is 3.61. The Morgan fingerprint density at radius 3 is 2.67 bits per heavy atom. The summed E-state index contributed by atoms with van der Waals surface area (Å²) in [7, 11) is -3.64. The number of H-pyrrole nitrogens is 1. The van der Waals surface area contributed by atoms with Crippen LogP contribution in [0.25, 0.3) is 0 Å². The molecule has 1 rings (SSSR count). The van der Waals surface area contributed by atoms with Gasteiger partial charge in [0.1, 0.15) is 0 Å². The van der Waals surface area contributed by atoms with Crippen molar-refractivity contribution in [2.24, 2.45) is 0 Å². The standard InChI is InChI=1S/C9H14F3N3O2S/c10-9(11,12)3-1-5-18(16,17)15-4-2-8-6-13-7-14-8/h6-7,15H,1-5H2,(H,13,14). The molecule has 0 aromatic carbocycles. The summed E-state index contributed by atoms with van der Waals surface area (Å²) in [5, 5.41) is 0. The monoisotopic (exact) mass is 285 g/mol. The lowest BCUT2D eigenvalue weighted by Gasteiger charge is -2.07. The van der Waals surface area contributed by atoms with Crippen LogP contribution in [0.15, 0.2) is 12.5 Å².